The number of Topliss-reactive ketones (excluding diaryl/α,β-unsaturated/α-hetero) is 1. The number of hydrogen-bond acceptors (Lipinski definition) is 2. The SMILES string of the molecule is CC(=O)[CH]C[C@H](NC(=O)O)C(C)(C)C. The largest absolute Gasteiger partial charge is 0.465 e. The first-order valence-electron chi connectivity index (χ1n) is 4.56. The molecule has 0 aliphatic rings. The molecule has 4 nitrogen and oxygen atoms in total. The summed E-state index contributed by atoms with van der Waals surface area (Å²) in [6.07, 6.45) is 0.888. The summed E-state index contributed by atoms with van der Waals surface area (Å²) in [6.45, 7) is 7.26. The van der Waals surface area contributed by atoms with E-state index in [4.69, 9.17) is 5.11 Å². The van der Waals surface area contributed by atoms with Crippen molar-refractivity contribution in [3.8, 4) is 0 Å². The van der Waals surface area contributed by atoms with Crippen LogP contribution in [0.3, 0.4) is 0 Å². The van der Waals surface area contributed by atoms with Crippen LogP contribution in [0.15, 0.2) is 0 Å². The molecule has 0 bridgehead atoms. The van der Waals surface area contributed by atoms with Gasteiger partial charge in [0.15, 0.2) is 0 Å². The molecule has 0 aliphatic heterocycles. The first-order chi connectivity index (χ1) is 6.23. The van der Waals surface area contributed by atoms with Gasteiger partial charge in [0.05, 0.1) is 0 Å². The number of amides is 1. The van der Waals surface area contributed by atoms with E-state index in [1.807, 2.05) is 20.8 Å². The molecule has 4 heteroatoms. The molecule has 0 spiro atoms. The summed E-state index contributed by atoms with van der Waals surface area (Å²) in [5.41, 5.74) is -0.190. The fraction of sp³-hybridized carbons (Fsp3) is 0.700. The minimum atomic E-state index is -1.05. The van der Waals surface area contributed by atoms with Gasteiger partial charge in [0, 0.05) is 12.5 Å². The predicted molar refractivity (Wildman–Crippen MR) is 54.0 cm³/mol. The van der Waals surface area contributed by atoms with Crippen LogP contribution in [-0.2, 0) is 4.79 Å². The van der Waals surface area contributed by atoms with Crippen LogP contribution < -0.4 is 5.32 Å². The van der Waals surface area contributed by atoms with Crippen LogP contribution in [0.5, 0.6) is 0 Å². The maximum Gasteiger partial charge on any atom is 0.404 e. The molecular weight excluding hydrogens is 182 g/mol. The highest BCUT2D eigenvalue weighted by Crippen LogP contribution is 2.22. The van der Waals surface area contributed by atoms with Crippen LogP contribution in [-0.4, -0.2) is 23.0 Å². The molecule has 0 aromatic carbocycles. The number of carbonyl (C=O) groups is 2. The summed E-state index contributed by atoms with van der Waals surface area (Å²) >= 11 is 0. The van der Waals surface area contributed by atoms with Crippen molar-refractivity contribution in [3.63, 3.8) is 0 Å². The van der Waals surface area contributed by atoms with Gasteiger partial charge in [-0.15, -0.1) is 0 Å². The molecule has 0 saturated carbocycles. The smallest absolute Gasteiger partial charge is 0.404 e. The zero-order valence-electron chi connectivity index (χ0n) is 9.13. The van der Waals surface area contributed by atoms with Gasteiger partial charge in [0.2, 0.25) is 0 Å². The number of carbonyl (C=O) groups excluding carboxylic acids is 1. The summed E-state index contributed by atoms with van der Waals surface area (Å²) in [6, 6.07) is -0.233. The highest BCUT2D eigenvalue weighted by molar-refractivity contribution is 5.84. The molecule has 0 aliphatic carbocycles. The Bertz CT molecular complexity index is 218. The predicted octanol–water partition coefficient (Wildman–Crippen LogP) is 1.85. The summed E-state index contributed by atoms with van der Waals surface area (Å²) in [7, 11) is 0. The van der Waals surface area contributed by atoms with E-state index in [0.29, 0.717) is 6.42 Å². The second-order valence-electron chi connectivity index (χ2n) is 4.42. The highest BCUT2D eigenvalue weighted by Gasteiger charge is 2.26. The van der Waals surface area contributed by atoms with Crippen molar-refractivity contribution in [2.45, 2.75) is 40.2 Å². The van der Waals surface area contributed by atoms with Crippen LogP contribution in [0.2, 0.25) is 0 Å². The van der Waals surface area contributed by atoms with Gasteiger partial charge in [-0.1, -0.05) is 20.8 Å². The Morgan fingerprint density at radius 1 is 1.43 bits per heavy atom. The number of ketones is 1. The Hall–Kier alpha value is -1.06. The molecule has 0 saturated heterocycles. The van der Waals surface area contributed by atoms with Crippen LogP contribution >= 0.6 is 0 Å². The van der Waals surface area contributed by atoms with Gasteiger partial charge >= 0.3 is 6.09 Å². The first kappa shape index (κ1) is 12.9. The normalized spacial score (nSPS) is 13.4. The van der Waals surface area contributed by atoms with E-state index in [-0.39, 0.29) is 17.2 Å². The molecule has 0 aromatic rings. The Morgan fingerprint density at radius 2 is 1.93 bits per heavy atom. The fourth-order valence-corrected chi connectivity index (χ4v) is 1.06. The van der Waals surface area contributed by atoms with Gasteiger partial charge in [0.1, 0.15) is 5.78 Å². The topological polar surface area (TPSA) is 66.4 Å². The van der Waals surface area contributed by atoms with Gasteiger partial charge in [-0.3, -0.25) is 4.79 Å². The molecule has 0 aromatic heterocycles. The first-order valence-corrected chi connectivity index (χ1v) is 4.56. The molecule has 1 amide bonds. The van der Waals surface area contributed by atoms with Crippen molar-refractivity contribution in [3.05, 3.63) is 6.42 Å². The monoisotopic (exact) mass is 200 g/mol. The minimum absolute atomic E-state index is 0.0357. The second-order valence-corrected chi connectivity index (χ2v) is 4.42. The summed E-state index contributed by atoms with van der Waals surface area (Å²) < 4.78 is 0. The average Bonchev–Trinajstić information content (AvgIpc) is 1.94. The number of carboxylic acid groups (broad SMARTS) is 1. The number of nitrogens with one attached hydrogen (secondary N) is 1. The summed E-state index contributed by atoms with van der Waals surface area (Å²) in [5.74, 6) is -0.0357. The van der Waals surface area contributed by atoms with Crippen molar-refractivity contribution in [1.29, 1.82) is 0 Å². The molecule has 14 heavy (non-hydrogen) atoms. The van der Waals surface area contributed by atoms with Crippen LogP contribution in [0.25, 0.3) is 0 Å². The summed E-state index contributed by atoms with van der Waals surface area (Å²) in [5, 5.41) is 11.0. The van der Waals surface area contributed by atoms with E-state index in [0.717, 1.165) is 0 Å². The molecule has 1 atom stereocenters. The molecule has 1 radical (unpaired) electrons. The van der Waals surface area contributed by atoms with Crippen LogP contribution in [0.4, 0.5) is 4.79 Å². The van der Waals surface area contributed by atoms with E-state index >= 15 is 0 Å². The van der Waals surface area contributed by atoms with Gasteiger partial charge in [-0.05, 0) is 18.8 Å². The van der Waals surface area contributed by atoms with Gasteiger partial charge in [0.25, 0.3) is 0 Å². The van der Waals surface area contributed by atoms with E-state index in [1.165, 1.54) is 13.3 Å². The zero-order valence-corrected chi connectivity index (χ0v) is 9.13. The molecule has 81 valence electrons. The quantitative estimate of drug-likeness (QED) is 0.727. The Labute approximate surface area is 84.7 Å². The van der Waals surface area contributed by atoms with Crippen molar-refractivity contribution in [2.75, 3.05) is 0 Å². The average molecular weight is 200 g/mol. The maximum atomic E-state index is 10.7. The lowest BCUT2D eigenvalue weighted by atomic mass is 9.84. The lowest BCUT2D eigenvalue weighted by Crippen LogP contribution is -2.43. The van der Waals surface area contributed by atoms with E-state index in [2.05, 4.69) is 5.32 Å². The van der Waals surface area contributed by atoms with Gasteiger partial charge < -0.3 is 10.4 Å². The number of hydrogen-bond donors (Lipinski definition) is 2. The molecule has 0 heterocycles. The summed E-state index contributed by atoms with van der Waals surface area (Å²) in [4.78, 5) is 21.2. The van der Waals surface area contributed by atoms with Crippen molar-refractivity contribution in [2.24, 2.45) is 5.41 Å². The molecular formula is C10H18NO3. The molecule has 0 rings (SSSR count). The lowest BCUT2D eigenvalue weighted by Gasteiger charge is -2.30. The Morgan fingerprint density at radius 3 is 2.21 bits per heavy atom. The van der Waals surface area contributed by atoms with Crippen LogP contribution in [0.1, 0.15) is 34.1 Å². The third-order valence-electron chi connectivity index (χ3n) is 1.98. The highest BCUT2D eigenvalue weighted by atomic mass is 16.4. The van der Waals surface area contributed by atoms with Crippen molar-refractivity contribution < 1.29 is 14.7 Å². The molecule has 2 N–H and O–H groups in total. The minimum Gasteiger partial charge on any atom is -0.465 e. The molecule has 0 unspecified atom stereocenters. The van der Waals surface area contributed by atoms with E-state index < -0.39 is 6.09 Å². The zero-order chi connectivity index (χ0) is 11.4. The van der Waals surface area contributed by atoms with Crippen molar-refractivity contribution >= 4 is 11.9 Å². The Balaban J connectivity index is 4.26. The fourth-order valence-electron chi connectivity index (χ4n) is 1.06. The molecule has 0 fully saturated rings. The van der Waals surface area contributed by atoms with Gasteiger partial charge in [-0.25, -0.2) is 4.79 Å². The second kappa shape index (κ2) is 4.98. The Kier molecular flexibility index (Phi) is 4.60. The van der Waals surface area contributed by atoms with Gasteiger partial charge in [-0.2, -0.15) is 0 Å². The maximum absolute atomic E-state index is 10.7. The number of rotatable bonds is 4. The van der Waals surface area contributed by atoms with E-state index in [9.17, 15) is 9.59 Å². The lowest BCUT2D eigenvalue weighted by molar-refractivity contribution is -0.114. The van der Waals surface area contributed by atoms with Crippen molar-refractivity contribution in [1.82, 2.24) is 5.32 Å². The third kappa shape index (κ3) is 5.56. The van der Waals surface area contributed by atoms with E-state index in [1.54, 1.807) is 0 Å². The standard InChI is InChI=1S/C10H18NO3/c1-7(12)5-6-8(10(2,3)4)11-9(13)14/h5,8,11H,6H2,1-4H3,(H,13,14)/t8-/m0/s1. The third-order valence-corrected chi connectivity index (χ3v) is 1.98. The van der Waals surface area contributed by atoms with Crippen LogP contribution in [0, 0.1) is 11.8 Å².